The Labute approximate surface area is 123 Å². The summed E-state index contributed by atoms with van der Waals surface area (Å²) in [5.41, 5.74) is 1.17. The van der Waals surface area contributed by atoms with Gasteiger partial charge in [-0.2, -0.15) is 0 Å². The first-order valence-electron chi connectivity index (χ1n) is 5.97. The lowest BCUT2D eigenvalue weighted by Crippen LogP contribution is -2.05. The number of carbonyl (C=O) groups excluding carboxylic acids is 1. The minimum Gasteiger partial charge on any atom is -0.295 e. The lowest BCUT2D eigenvalue weighted by Gasteiger charge is -2.05. The van der Waals surface area contributed by atoms with E-state index in [4.69, 9.17) is 11.6 Å². The highest BCUT2D eigenvalue weighted by molar-refractivity contribution is 7.90. The molecule has 0 atom stereocenters. The maximum Gasteiger partial charge on any atom is 0.182 e. The van der Waals surface area contributed by atoms with E-state index >= 15 is 0 Å². The van der Waals surface area contributed by atoms with Gasteiger partial charge in [0.05, 0.1) is 10.6 Å². The summed E-state index contributed by atoms with van der Waals surface area (Å²) >= 11 is 5.77. The van der Waals surface area contributed by atoms with E-state index in [1.54, 1.807) is 24.3 Å². The van der Waals surface area contributed by atoms with Crippen LogP contribution in [-0.4, -0.2) is 14.2 Å². The predicted octanol–water partition coefficient (Wildman–Crippen LogP) is 3.52. The molecule has 0 bridgehead atoms. The fourth-order valence-corrected chi connectivity index (χ4v) is 3.26. The number of hydrogen-bond donors (Lipinski definition) is 0. The van der Waals surface area contributed by atoms with Crippen molar-refractivity contribution in [3.63, 3.8) is 0 Å². The molecule has 20 heavy (non-hydrogen) atoms. The zero-order valence-electron chi connectivity index (χ0n) is 10.8. The molecule has 0 unspecified atom stereocenters. The van der Waals surface area contributed by atoms with E-state index in [1.807, 2.05) is 0 Å². The molecule has 0 spiro atoms. The average Bonchev–Trinajstić information content (AvgIpc) is 2.41. The normalized spacial score (nSPS) is 11.3. The maximum absolute atomic E-state index is 12.2. The SMILES string of the molecule is CC(=O)c1ccc(S(=O)(=O)Cc2ccc(Cl)cc2)cc1. The van der Waals surface area contributed by atoms with Gasteiger partial charge in [-0.05, 0) is 36.8 Å². The van der Waals surface area contributed by atoms with Crippen LogP contribution in [-0.2, 0) is 15.6 Å². The van der Waals surface area contributed by atoms with Gasteiger partial charge >= 0.3 is 0 Å². The Morgan fingerprint density at radius 1 is 1.00 bits per heavy atom. The molecule has 5 heteroatoms. The van der Waals surface area contributed by atoms with E-state index in [-0.39, 0.29) is 16.4 Å². The first-order chi connectivity index (χ1) is 9.38. The van der Waals surface area contributed by atoms with Crippen LogP contribution in [0.4, 0.5) is 0 Å². The Bertz CT molecular complexity index is 717. The molecule has 0 N–H and O–H groups in total. The van der Waals surface area contributed by atoms with Crippen molar-refractivity contribution < 1.29 is 13.2 Å². The summed E-state index contributed by atoms with van der Waals surface area (Å²) in [6, 6.07) is 12.7. The Hall–Kier alpha value is -1.65. The van der Waals surface area contributed by atoms with E-state index < -0.39 is 9.84 Å². The molecule has 0 saturated carbocycles. The largest absolute Gasteiger partial charge is 0.295 e. The molecule has 0 radical (unpaired) electrons. The number of halogens is 1. The van der Waals surface area contributed by atoms with Gasteiger partial charge in [0.15, 0.2) is 15.6 Å². The van der Waals surface area contributed by atoms with Crippen LogP contribution in [0.15, 0.2) is 53.4 Å². The third-order valence-electron chi connectivity index (χ3n) is 2.89. The molecule has 0 amide bonds. The average molecular weight is 309 g/mol. The molecule has 0 aliphatic rings. The molecule has 0 aliphatic carbocycles. The first-order valence-corrected chi connectivity index (χ1v) is 8.00. The summed E-state index contributed by atoms with van der Waals surface area (Å²) in [5, 5.41) is 0.567. The zero-order valence-corrected chi connectivity index (χ0v) is 12.4. The number of carbonyl (C=O) groups is 1. The summed E-state index contributed by atoms with van der Waals surface area (Å²) in [6.45, 7) is 1.44. The van der Waals surface area contributed by atoms with Crippen molar-refractivity contribution in [3.8, 4) is 0 Å². The minimum absolute atomic E-state index is 0.0911. The van der Waals surface area contributed by atoms with Crippen LogP contribution in [0, 0.1) is 0 Å². The molecule has 0 heterocycles. The Kier molecular flexibility index (Phi) is 4.26. The Balaban J connectivity index is 2.26. The summed E-state index contributed by atoms with van der Waals surface area (Å²) in [5.74, 6) is -0.185. The monoisotopic (exact) mass is 308 g/mol. The van der Waals surface area contributed by atoms with Crippen molar-refractivity contribution in [2.45, 2.75) is 17.6 Å². The Morgan fingerprint density at radius 2 is 1.55 bits per heavy atom. The number of benzene rings is 2. The van der Waals surface area contributed by atoms with E-state index in [2.05, 4.69) is 0 Å². The summed E-state index contributed by atoms with van der Waals surface area (Å²) in [4.78, 5) is 11.4. The second-order valence-electron chi connectivity index (χ2n) is 4.47. The van der Waals surface area contributed by atoms with Crippen molar-refractivity contribution in [3.05, 3.63) is 64.7 Å². The minimum atomic E-state index is -3.42. The maximum atomic E-state index is 12.2. The molecule has 2 aromatic rings. The summed E-state index contributed by atoms with van der Waals surface area (Å²) in [6.07, 6.45) is 0. The van der Waals surface area contributed by atoms with Gasteiger partial charge in [-0.3, -0.25) is 4.79 Å². The second kappa shape index (κ2) is 5.77. The van der Waals surface area contributed by atoms with Gasteiger partial charge in [0.1, 0.15) is 0 Å². The standard InChI is InChI=1S/C15H13ClO3S/c1-11(17)13-4-8-15(9-5-13)20(18,19)10-12-2-6-14(16)7-3-12/h2-9H,10H2,1H3. The van der Waals surface area contributed by atoms with Crippen molar-refractivity contribution in [1.82, 2.24) is 0 Å². The topological polar surface area (TPSA) is 51.2 Å². The third kappa shape index (κ3) is 3.46. The van der Waals surface area contributed by atoms with E-state index in [1.165, 1.54) is 31.2 Å². The van der Waals surface area contributed by atoms with Crippen LogP contribution in [0.25, 0.3) is 0 Å². The smallest absolute Gasteiger partial charge is 0.182 e. The van der Waals surface area contributed by atoms with Gasteiger partial charge < -0.3 is 0 Å². The van der Waals surface area contributed by atoms with Gasteiger partial charge in [0.25, 0.3) is 0 Å². The quantitative estimate of drug-likeness (QED) is 0.812. The molecule has 3 nitrogen and oxygen atoms in total. The van der Waals surface area contributed by atoms with E-state index in [0.29, 0.717) is 16.1 Å². The van der Waals surface area contributed by atoms with Gasteiger partial charge in [-0.15, -0.1) is 0 Å². The lowest BCUT2D eigenvalue weighted by atomic mass is 10.2. The van der Waals surface area contributed by atoms with Gasteiger partial charge in [-0.1, -0.05) is 35.9 Å². The fourth-order valence-electron chi connectivity index (χ4n) is 1.78. The van der Waals surface area contributed by atoms with Crippen LogP contribution in [0.5, 0.6) is 0 Å². The van der Waals surface area contributed by atoms with Crippen molar-refractivity contribution in [2.24, 2.45) is 0 Å². The van der Waals surface area contributed by atoms with Crippen molar-refractivity contribution in [1.29, 1.82) is 0 Å². The van der Waals surface area contributed by atoms with Crippen LogP contribution >= 0.6 is 11.6 Å². The number of hydrogen-bond acceptors (Lipinski definition) is 3. The highest BCUT2D eigenvalue weighted by Gasteiger charge is 2.15. The lowest BCUT2D eigenvalue weighted by molar-refractivity contribution is 0.101. The van der Waals surface area contributed by atoms with Crippen LogP contribution in [0.1, 0.15) is 22.8 Å². The number of rotatable bonds is 4. The van der Waals surface area contributed by atoms with Gasteiger partial charge in [0.2, 0.25) is 0 Å². The molecule has 104 valence electrons. The summed E-state index contributed by atoms with van der Waals surface area (Å²) < 4.78 is 24.5. The van der Waals surface area contributed by atoms with Crippen LogP contribution < -0.4 is 0 Å². The third-order valence-corrected chi connectivity index (χ3v) is 4.85. The van der Waals surface area contributed by atoms with E-state index in [0.717, 1.165) is 0 Å². The molecule has 0 saturated heterocycles. The van der Waals surface area contributed by atoms with E-state index in [9.17, 15) is 13.2 Å². The molecule has 2 rings (SSSR count). The fraction of sp³-hybridized carbons (Fsp3) is 0.133. The molecular formula is C15H13ClO3S. The molecular weight excluding hydrogens is 296 g/mol. The number of sulfone groups is 1. The number of Topliss-reactive ketones (excluding diaryl/α,β-unsaturated/α-hetero) is 1. The number of ketones is 1. The molecule has 0 aliphatic heterocycles. The van der Waals surface area contributed by atoms with Gasteiger partial charge in [0, 0.05) is 10.6 Å². The van der Waals surface area contributed by atoms with Crippen LogP contribution in [0.3, 0.4) is 0 Å². The molecule has 0 fully saturated rings. The predicted molar refractivity (Wildman–Crippen MR) is 78.8 cm³/mol. The highest BCUT2D eigenvalue weighted by atomic mass is 35.5. The first kappa shape index (κ1) is 14.8. The Morgan fingerprint density at radius 3 is 2.05 bits per heavy atom. The highest BCUT2D eigenvalue weighted by Crippen LogP contribution is 2.18. The van der Waals surface area contributed by atoms with Crippen LogP contribution in [0.2, 0.25) is 5.02 Å². The molecule has 2 aromatic carbocycles. The van der Waals surface area contributed by atoms with Crippen molar-refractivity contribution in [2.75, 3.05) is 0 Å². The van der Waals surface area contributed by atoms with Crippen molar-refractivity contribution >= 4 is 27.2 Å². The summed E-state index contributed by atoms with van der Waals surface area (Å²) in [7, 11) is -3.42. The van der Waals surface area contributed by atoms with Gasteiger partial charge in [-0.25, -0.2) is 8.42 Å². The molecule has 0 aromatic heterocycles. The zero-order chi connectivity index (χ0) is 14.8. The second-order valence-corrected chi connectivity index (χ2v) is 6.89.